The maximum atomic E-state index is 13.0. The molecule has 4 nitrogen and oxygen atoms in total. The second kappa shape index (κ2) is 9.16. The van der Waals surface area contributed by atoms with Gasteiger partial charge in [-0.05, 0) is 41.0 Å². The van der Waals surface area contributed by atoms with Crippen molar-refractivity contribution in [2.45, 2.75) is 12.1 Å². The van der Waals surface area contributed by atoms with Crippen molar-refractivity contribution in [2.24, 2.45) is 0 Å². The molecule has 7 heteroatoms. The number of nitro groups is 1. The van der Waals surface area contributed by atoms with Crippen molar-refractivity contribution in [1.29, 1.82) is 0 Å². The van der Waals surface area contributed by atoms with Crippen LogP contribution in [0.3, 0.4) is 0 Å². The summed E-state index contributed by atoms with van der Waals surface area (Å²) in [5.74, 6) is -0.105. The van der Waals surface area contributed by atoms with Crippen LogP contribution >= 0.6 is 0 Å². The van der Waals surface area contributed by atoms with Gasteiger partial charge in [-0.1, -0.05) is 72.8 Å². The average Bonchev–Trinajstić information content (AvgIpc) is 2.80. The van der Waals surface area contributed by atoms with Crippen molar-refractivity contribution in [3.05, 3.63) is 135 Å². The van der Waals surface area contributed by atoms with Crippen LogP contribution in [-0.2, 0) is 6.18 Å². The van der Waals surface area contributed by atoms with E-state index in [1.54, 1.807) is 18.2 Å². The van der Waals surface area contributed by atoms with Gasteiger partial charge in [0.2, 0.25) is 5.75 Å². The molecule has 0 saturated heterocycles. The zero-order chi connectivity index (χ0) is 23.4. The molecule has 33 heavy (non-hydrogen) atoms. The SMILES string of the molecule is O=[N+]([O-])c1cc(C(F)(F)F)ccc1Oc1cccc(C(c2ccccc2)c2ccccc2)c1. The van der Waals surface area contributed by atoms with E-state index in [4.69, 9.17) is 4.74 Å². The quantitative estimate of drug-likeness (QED) is 0.173. The maximum Gasteiger partial charge on any atom is 0.416 e. The van der Waals surface area contributed by atoms with Gasteiger partial charge in [0, 0.05) is 12.0 Å². The molecule has 0 N–H and O–H groups in total. The number of alkyl halides is 3. The number of benzene rings is 4. The van der Waals surface area contributed by atoms with Gasteiger partial charge in [-0.15, -0.1) is 0 Å². The number of hydrogen-bond acceptors (Lipinski definition) is 3. The lowest BCUT2D eigenvalue weighted by Gasteiger charge is -2.19. The van der Waals surface area contributed by atoms with Crippen LogP contribution in [0.1, 0.15) is 28.2 Å². The van der Waals surface area contributed by atoms with Gasteiger partial charge in [-0.2, -0.15) is 13.2 Å². The minimum Gasteiger partial charge on any atom is -0.450 e. The Kier molecular flexibility index (Phi) is 6.13. The average molecular weight is 449 g/mol. The molecule has 4 aromatic rings. The molecule has 0 fully saturated rings. The van der Waals surface area contributed by atoms with E-state index in [9.17, 15) is 23.3 Å². The molecule has 0 unspecified atom stereocenters. The molecule has 0 saturated carbocycles. The number of rotatable bonds is 6. The number of nitrogens with zero attached hydrogens (tertiary/aromatic N) is 1. The van der Waals surface area contributed by atoms with Crippen LogP contribution < -0.4 is 4.74 Å². The molecule has 0 aliphatic carbocycles. The van der Waals surface area contributed by atoms with Crippen LogP contribution in [0, 0.1) is 10.1 Å². The van der Waals surface area contributed by atoms with E-state index in [1.807, 2.05) is 66.7 Å². The van der Waals surface area contributed by atoms with E-state index in [0.717, 1.165) is 28.8 Å². The van der Waals surface area contributed by atoms with Crippen molar-refractivity contribution < 1.29 is 22.8 Å². The number of halogens is 3. The Hall–Kier alpha value is -4.13. The molecule has 0 amide bonds. The number of nitro benzene ring substituents is 1. The van der Waals surface area contributed by atoms with Gasteiger partial charge in [-0.25, -0.2) is 0 Å². The Morgan fingerprint density at radius 2 is 1.30 bits per heavy atom. The molecule has 0 aliphatic rings. The van der Waals surface area contributed by atoms with E-state index < -0.39 is 22.4 Å². The third-order valence-corrected chi connectivity index (χ3v) is 5.17. The highest BCUT2D eigenvalue weighted by atomic mass is 19.4. The fraction of sp³-hybridized carbons (Fsp3) is 0.0769. The second-order valence-corrected chi connectivity index (χ2v) is 7.37. The van der Waals surface area contributed by atoms with Crippen molar-refractivity contribution in [3.8, 4) is 11.5 Å². The molecule has 0 heterocycles. The number of ether oxygens (including phenoxy) is 1. The van der Waals surface area contributed by atoms with Crippen molar-refractivity contribution in [2.75, 3.05) is 0 Å². The summed E-state index contributed by atoms with van der Waals surface area (Å²) in [6.45, 7) is 0. The van der Waals surface area contributed by atoms with Gasteiger partial charge in [0.15, 0.2) is 0 Å². The van der Waals surface area contributed by atoms with Gasteiger partial charge >= 0.3 is 11.9 Å². The topological polar surface area (TPSA) is 52.4 Å². The Labute approximate surface area is 188 Å². The summed E-state index contributed by atoms with van der Waals surface area (Å²) in [7, 11) is 0. The highest BCUT2D eigenvalue weighted by Gasteiger charge is 2.33. The van der Waals surface area contributed by atoms with Crippen LogP contribution in [0.15, 0.2) is 103 Å². The van der Waals surface area contributed by atoms with Crippen molar-refractivity contribution in [1.82, 2.24) is 0 Å². The van der Waals surface area contributed by atoms with Crippen LogP contribution in [-0.4, -0.2) is 4.92 Å². The molecule has 0 spiro atoms. The van der Waals surface area contributed by atoms with Gasteiger partial charge in [-0.3, -0.25) is 10.1 Å². The molecule has 0 atom stereocenters. The smallest absolute Gasteiger partial charge is 0.416 e. The largest absolute Gasteiger partial charge is 0.450 e. The monoisotopic (exact) mass is 449 g/mol. The normalized spacial score (nSPS) is 11.4. The fourth-order valence-corrected chi connectivity index (χ4v) is 3.68. The molecule has 4 aromatic carbocycles. The van der Waals surface area contributed by atoms with Crippen LogP contribution in [0.25, 0.3) is 0 Å². The number of hydrogen-bond donors (Lipinski definition) is 0. The Morgan fingerprint density at radius 3 is 1.85 bits per heavy atom. The summed E-state index contributed by atoms with van der Waals surface area (Å²) >= 11 is 0. The second-order valence-electron chi connectivity index (χ2n) is 7.37. The third-order valence-electron chi connectivity index (χ3n) is 5.17. The summed E-state index contributed by atoms with van der Waals surface area (Å²) in [4.78, 5) is 10.5. The lowest BCUT2D eigenvalue weighted by atomic mass is 9.85. The van der Waals surface area contributed by atoms with Gasteiger partial charge in [0.1, 0.15) is 5.75 Å². The highest BCUT2D eigenvalue weighted by molar-refractivity contribution is 5.52. The summed E-state index contributed by atoms with van der Waals surface area (Å²) in [5.41, 5.74) is 1.10. The lowest BCUT2D eigenvalue weighted by Crippen LogP contribution is -2.06. The summed E-state index contributed by atoms with van der Waals surface area (Å²) in [6.07, 6.45) is -4.69. The van der Waals surface area contributed by atoms with Crippen LogP contribution in [0.5, 0.6) is 11.5 Å². The summed E-state index contributed by atoms with van der Waals surface area (Å²) < 4.78 is 44.7. The first-order valence-electron chi connectivity index (χ1n) is 10.1. The van der Waals surface area contributed by atoms with Gasteiger partial charge in [0.25, 0.3) is 0 Å². The first kappa shape index (κ1) is 22.1. The van der Waals surface area contributed by atoms with Crippen LogP contribution in [0.2, 0.25) is 0 Å². The zero-order valence-electron chi connectivity index (χ0n) is 17.2. The van der Waals surface area contributed by atoms with E-state index in [0.29, 0.717) is 6.07 Å². The lowest BCUT2D eigenvalue weighted by molar-refractivity contribution is -0.385. The molecule has 0 aliphatic heterocycles. The minimum atomic E-state index is -4.69. The molecule has 0 bridgehead atoms. The molecule has 4 rings (SSSR count). The third kappa shape index (κ3) is 5.03. The molecular weight excluding hydrogens is 431 g/mol. The highest BCUT2D eigenvalue weighted by Crippen LogP contribution is 2.39. The molecule has 0 aromatic heterocycles. The van der Waals surface area contributed by atoms with Gasteiger partial charge < -0.3 is 4.74 Å². The van der Waals surface area contributed by atoms with E-state index in [2.05, 4.69) is 0 Å². The van der Waals surface area contributed by atoms with Crippen molar-refractivity contribution >= 4 is 5.69 Å². The standard InChI is InChI=1S/C26H18F3NO3/c27-26(28,29)21-14-15-24(23(17-21)30(31)32)33-22-13-7-12-20(16-22)25(18-8-3-1-4-9-18)19-10-5-2-6-11-19/h1-17,25H. The molecule has 0 radical (unpaired) electrons. The fourth-order valence-electron chi connectivity index (χ4n) is 3.68. The molecular formula is C26H18F3NO3. The van der Waals surface area contributed by atoms with E-state index in [1.165, 1.54) is 0 Å². The Bertz CT molecular complexity index is 1220. The maximum absolute atomic E-state index is 13.0. The van der Waals surface area contributed by atoms with E-state index in [-0.39, 0.29) is 17.4 Å². The Balaban J connectivity index is 1.73. The Morgan fingerprint density at radius 1 is 0.727 bits per heavy atom. The molecule has 166 valence electrons. The van der Waals surface area contributed by atoms with Crippen molar-refractivity contribution in [3.63, 3.8) is 0 Å². The van der Waals surface area contributed by atoms with E-state index >= 15 is 0 Å². The summed E-state index contributed by atoms with van der Waals surface area (Å²) in [5, 5.41) is 11.4. The predicted molar refractivity (Wildman–Crippen MR) is 118 cm³/mol. The van der Waals surface area contributed by atoms with Crippen LogP contribution in [0.4, 0.5) is 18.9 Å². The van der Waals surface area contributed by atoms with Gasteiger partial charge in [0.05, 0.1) is 10.5 Å². The predicted octanol–water partition coefficient (Wildman–Crippen LogP) is 7.59. The first-order chi connectivity index (χ1) is 15.8. The minimum absolute atomic E-state index is 0.126. The zero-order valence-corrected chi connectivity index (χ0v) is 17.2. The first-order valence-corrected chi connectivity index (χ1v) is 10.1. The summed E-state index contributed by atoms with van der Waals surface area (Å²) in [6, 6.07) is 28.9.